The Morgan fingerprint density at radius 1 is 0.559 bits per heavy atom. The van der Waals surface area contributed by atoms with E-state index in [-0.39, 0.29) is 78.9 Å². The van der Waals surface area contributed by atoms with Crippen LogP contribution in [0.5, 0.6) is 11.5 Å². The molecule has 0 amide bonds. The molecule has 6 aromatic carbocycles. The van der Waals surface area contributed by atoms with Gasteiger partial charge in [-0.15, -0.1) is 25.6 Å². The van der Waals surface area contributed by atoms with Crippen LogP contribution in [0.4, 0.5) is 45.5 Å². The van der Waals surface area contributed by atoms with E-state index in [1.165, 1.54) is 87.0 Å². The minimum atomic E-state index is -5.21. The van der Waals surface area contributed by atoms with Gasteiger partial charge in [0.1, 0.15) is 44.0 Å². The highest BCUT2D eigenvalue weighted by Gasteiger charge is 2.35. The van der Waals surface area contributed by atoms with E-state index in [2.05, 4.69) is 41.2 Å². The van der Waals surface area contributed by atoms with Crippen molar-refractivity contribution in [2.24, 2.45) is 35.8 Å². The third-order valence-electron chi connectivity index (χ3n) is 9.58. The summed E-state index contributed by atoms with van der Waals surface area (Å²) in [6.45, 7) is 0. The molecule has 0 saturated heterocycles. The van der Waals surface area contributed by atoms with E-state index in [9.17, 15) is 56.7 Å². The first-order valence-electron chi connectivity index (χ1n) is 18.7. The largest absolute Gasteiger partial charge is 0.494 e. The van der Waals surface area contributed by atoms with E-state index < -0.39 is 71.6 Å². The van der Waals surface area contributed by atoms with Gasteiger partial charge >= 0.3 is 0 Å². The quantitative estimate of drug-likeness (QED) is 0.0258. The number of ketones is 1. The van der Waals surface area contributed by atoms with Crippen LogP contribution in [-0.4, -0.2) is 77.6 Å². The number of nitrogens with one attached hydrogen (secondary N) is 1. The maximum Gasteiger partial charge on any atom is 0.296 e. The normalized spacial score (nSPS) is 14.2. The number of hydrazone groups is 1. The third kappa shape index (κ3) is 10.3. The van der Waals surface area contributed by atoms with Crippen molar-refractivity contribution >= 4 is 114 Å². The third-order valence-corrected chi connectivity index (χ3v) is 13.0. The number of allylic oxidation sites excluding steroid dienone is 1. The van der Waals surface area contributed by atoms with Crippen LogP contribution in [0.15, 0.2) is 159 Å². The second-order valence-electron chi connectivity index (χ2n) is 13.9. The van der Waals surface area contributed by atoms with Crippen LogP contribution in [0, 0.1) is 0 Å². The number of anilines is 2. The van der Waals surface area contributed by atoms with Gasteiger partial charge in [0.15, 0.2) is 5.71 Å². The van der Waals surface area contributed by atoms with Crippen molar-refractivity contribution in [3.63, 3.8) is 0 Å². The molecule has 0 bridgehead atoms. The molecule has 0 aromatic heterocycles. The molecule has 6 aromatic rings. The zero-order valence-electron chi connectivity index (χ0n) is 34.5. The Labute approximate surface area is 385 Å². The number of carbonyl (C=O) groups is 1. The lowest BCUT2D eigenvalue weighted by molar-refractivity contribution is 0.106. The predicted octanol–water partition coefficient (Wildman–Crippen LogP) is 8.32. The second kappa shape index (κ2) is 18.5. The maximum absolute atomic E-state index is 13.9. The van der Waals surface area contributed by atoms with Crippen LogP contribution in [0.2, 0.25) is 0 Å². The first kappa shape index (κ1) is 48.2. The number of nitrogen functional groups attached to an aromatic ring is 1. The SMILES string of the molecule is COc1cc(NN=C2C(=O)c3ccc(N)c(N=Nc4cccc(S(=O)(=O)O)c4)c3C=C2S(=O)(=O)O)c(OC)cc1N=Nc1ccc(N=Nc2ccccc2S(=O)(=O)O)c2ccc(S(=O)(=O)O)cc12. The monoisotopic (exact) mass is 1010 g/mol. The number of azo groups is 3. The van der Waals surface area contributed by atoms with Crippen LogP contribution < -0.4 is 20.6 Å². The lowest BCUT2D eigenvalue weighted by Gasteiger charge is -2.18. The molecule has 0 heterocycles. The van der Waals surface area contributed by atoms with Crippen LogP contribution in [0.1, 0.15) is 15.9 Å². The number of fused-ring (bicyclic) bond motifs is 2. The highest BCUT2D eigenvalue weighted by molar-refractivity contribution is 7.91. The number of hydrogen-bond acceptors (Lipinski definition) is 20. The molecule has 68 heavy (non-hydrogen) atoms. The van der Waals surface area contributed by atoms with Crippen molar-refractivity contribution in [3.8, 4) is 11.5 Å². The van der Waals surface area contributed by atoms with E-state index in [4.69, 9.17) is 15.2 Å². The molecule has 0 radical (unpaired) electrons. The fourth-order valence-electron chi connectivity index (χ4n) is 6.40. The lowest BCUT2D eigenvalue weighted by atomic mass is 9.92. The summed E-state index contributed by atoms with van der Waals surface area (Å²) in [6, 6.07) is 21.3. The number of nitrogens with two attached hydrogens (primary N) is 1. The molecule has 1 aliphatic carbocycles. The number of nitrogens with zero attached hydrogens (tertiary/aromatic N) is 7. The number of benzene rings is 6. The van der Waals surface area contributed by atoms with Gasteiger partial charge in [-0.2, -0.15) is 43.9 Å². The predicted molar refractivity (Wildman–Crippen MR) is 244 cm³/mol. The minimum Gasteiger partial charge on any atom is -0.494 e. The summed E-state index contributed by atoms with van der Waals surface area (Å²) in [5.41, 5.74) is 6.98. The van der Waals surface area contributed by atoms with Crippen molar-refractivity contribution in [3.05, 3.63) is 119 Å². The van der Waals surface area contributed by atoms with E-state index >= 15 is 0 Å². The lowest BCUT2D eigenvalue weighted by Crippen LogP contribution is -2.27. The number of carbonyl (C=O) groups excluding carboxylic acids is 1. The van der Waals surface area contributed by atoms with Crippen LogP contribution in [0.25, 0.3) is 16.8 Å². The highest BCUT2D eigenvalue weighted by atomic mass is 32.2. The van der Waals surface area contributed by atoms with Gasteiger partial charge in [0.25, 0.3) is 40.5 Å². The molecule has 350 valence electrons. The standard InChI is InChI=1S/C40H31N9O15S4/c1-63-34-20-33(47-49-39-37(68(60,61)62)18-27-25(40(39)50)12-13-28(41)38(27)48-42-21-6-5-7-22(16-21)65(51,52)53)35(64-2)19-32(34)46-44-30-15-14-29(24-11-10-23(17-26(24)30)66(54,55)56)43-45-31-8-3-4-9-36(31)67(57,58)59/h3-20,47H,41H2,1-2H3,(H,51,52,53)(H,54,55,56)(H,57,58,59)(H,60,61,62). The molecular weight excluding hydrogens is 975 g/mol. The van der Waals surface area contributed by atoms with Gasteiger partial charge in [0.2, 0.25) is 5.78 Å². The molecule has 7 rings (SSSR count). The van der Waals surface area contributed by atoms with Crippen LogP contribution in [-0.2, 0) is 40.5 Å². The van der Waals surface area contributed by atoms with Crippen molar-refractivity contribution in [2.75, 3.05) is 25.4 Å². The second-order valence-corrected chi connectivity index (χ2v) is 19.5. The number of Topliss-reactive ketones (excluding diaryl/α,β-unsaturated/α-hetero) is 1. The zero-order valence-corrected chi connectivity index (χ0v) is 37.8. The van der Waals surface area contributed by atoms with Crippen LogP contribution in [0.3, 0.4) is 0 Å². The van der Waals surface area contributed by atoms with Gasteiger partial charge in [0, 0.05) is 34.0 Å². The first-order chi connectivity index (χ1) is 32.0. The van der Waals surface area contributed by atoms with Crippen molar-refractivity contribution in [2.45, 2.75) is 14.7 Å². The van der Waals surface area contributed by atoms with E-state index in [1.54, 1.807) is 0 Å². The Kier molecular flexibility index (Phi) is 13.1. The summed E-state index contributed by atoms with van der Waals surface area (Å²) in [5, 5.41) is 28.8. The number of rotatable bonds is 14. The molecule has 7 N–H and O–H groups in total. The summed E-state index contributed by atoms with van der Waals surface area (Å²) >= 11 is 0. The summed E-state index contributed by atoms with van der Waals surface area (Å²) < 4.78 is 147. The van der Waals surface area contributed by atoms with Gasteiger partial charge in [-0.1, -0.05) is 24.3 Å². The van der Waals surface area contributed by atoms with E-state index in [0.717, 1.165) is 36.4 Å². The number of methoxy groups -OCH3 is 2. The first-order valence-corrected chi connectivity index (χ1v) is 24.4. The fraction of sp³-hybridized carbons (Fsp3) is 0.0500. The average molecular weight is 1010 g/mol. The molecule has 0 atom stereocenters. The van der Waals surface area contributed by atoms with E-state index in [0.29, 0.717) is 0 Å². The summed E-state index contributed by atoms with van der Waals surface area (Å²) in [6.07, 6.45) is 0.883. The zero-order chi connectivity index (χ0) is 49.3. The van der Waals surface area contributed by atoms with Crippen molar-refractivity contribution < 1.29 is 66.2 Å². The van der Waals surface area contributed by atoms with Gasteiger partial charge in [-0.3, -0.25) is 28.4 Å². The van der Waals surface area contributed by atoms with Gasteiger partial charge in [-0.05, 0) is 72.8 Å². The minimum absolute atomic E-state index is 0.00240. The highest BCUT2D eigenvalue weighted by Crippen LogP contribution is 2.42. The number of hydrogen-bond donors (Lipinski definition) is 6. The molecule has 28 heteroatoms. The molecule has 0 spiro atoms. The molecular formula is C40H31N9O15S4. The molecule has 0 fully saturated rings. The molecule has 24 nitrogen and oxygen atoms in total. The van der Waals surface area contributed by atoms with Gasteiger partial charge in [0.05, 0.1) is 46.8 Å². The summed E-state index contributed by atoms with van der Waals surface area (Å²) in [4.78, 5) is 11.4. The van der Waals surface area contributed by atoms with Crippen molar-refractivity contribution in [1.82, 2.24) is 0 Å². The smallest absolute Gasteiger partial charge is 0.296 e. The van der Waals surface area contributed by atoms with E-state index in [1.807, 2.05) is 0 Å². The summed E-state index contributed by atoms with van der Waals surface area (Å²) in [5.74, 6) is -1.07. The Morgan fingerprint density at radius 3 is 1.84 bits per heavy atom. The van der Waals surface area contributed by atoms with Crippen LogP contribution >= 0.6 is 0 Å². The van der Waals surface area contributed by atoms with Crippen molar-refractivity contribution in [1.29, 1.82) is 0 Å². The Bertz CT molecular complexity index is 3730. The average Bonchev–Trinajstić information content (AvgIpc) is 3.28. The Hall–Kier alpha value is -7.70. The Balaban J connectivity index is 1.24. The topological polar surface area (TPSA) is 378 Å². The molecule has 1 aliphatic rings. The van der Waals surface area contributed by atoms with Gasteiger partial charge < -0.3 is 15.2 Å². The summed E-state index contributed by atoms with van der Waals surface area (Å²) in [7, 11) is -16.7. The molecule has 0 saturated carbocycles. The molecule has 0 unspecified atom stereocenters. The Morgan fingerprint density at radius 2 is 1.19 bits per heavy atom. The van der Waals surface area contributed by atoms with Gasteiger partial charge in [-0.25, -0.2) is 0 Å². The number of ether oxygens (including phenoxy) is 2. The fourth-order valence-corrected chi connectivity index (χ4v) is 8.70. The maximum atomic E-state index is 13.9. The molecule has 0 aliphatic heterocycles.